The average Bonchev–Trinajstić information content (AvgIpc) is 2.34. The molecule has 112 valence electrons. The molecule has 0 aliphatic heterocycles. The molecule has 5 nitrogen and oxygen atoms in total. The van der Waals surface area contributed by atoms with Crippen LogP contribution in [0.4, 0.5) is 0 Å². The number of Topliss-reactive ketones (excluding diaryl/α,β-unsaturated/α-hetero) is 1. The molecule has 0 bridgehead atoms. The van der Waals surface area contributed by atoms with Crippen molar-refractivity contribution in [3.8, 4) is 0 Å². The second kappa shape index (κ2) is 9.04. The van der Waals surface area contributed by atoms with E-state index in [0.29, 0.717) is 25.9 Å². The molecule has 19 heavy (non-hydrogen) atoms. The topological polar surface area (TPSA) is 61.4 Å². The number of carbonyl (C=O) groups is 2. The summed E-state index contributed by atoms with van der Waals surface area (Å²) in [5.41, 5.74) is -0.360. The highest BCUT2D eigenvalue weighted by atomic mass is 16.2. The molecule has 0 aliphatic carbocycles. The van der Waals surface area contributed by atoms with Crippen LogP contribution in [0, 0.1) is 5.41 Å². The molecular weight excluding hydrogens is 242 g/mol. The van der Waals surface area contributed by atoms with Gasteiger partial charge in [0.25, 0.3) is 0 Å². The Morgan fingerprint density at radius 1 is 0.947 bits per heavy atom. The second-order valence-corrected chi connectivity index (χ2v) is 5.76. The Kier molecular flexibility index (Phi) is 8.59. The lowest BCUT2D eigenvalue weighted by Gasteiger charge is -2.23. The van der Waals surface area contributed by atoms with E-state index in [1.54, 1.807) is 0 Å². The predicted octanol–water partition coefficient (Wildman–Crippen LogP) is 0.649. The van der Waals surface area contributed by atoms with E-state index in [0.717, 1.165) is 13.1 Å². The number of ketones is 1. The van der Waals surface area contributed by atoms with E-state index < -0.39 is 0 Å². The molecule has 0 unspecified atom stereocenters. The summed E-state index contributed by atoms with van der Waals surface area (Å²) in [7, 11) is 3.73. The zero-order chi connectivity index (χ0) is 14.9. The summed E-state index contributed by atoms with van der Waals surface area (Å²) in [6, 6.07) is 0. The maximum Gasteiger partial charge on any atom is 0.223 e. The molecule has 0 aromatic carbocycles. The smallest absolute Gasteiger partial charge is 0.223 e. The molecule has 2 N–H and O–H groups in total. The summed E-state index contributed by atoms with van der Waals surface area (Å²) in [4.78, 5) is 25.7. The van der Waals surface area contributed by atoms with Crippen molar-refractivity contribution in [3.63, 3.8) is 0 Å². The van der Waals surface area contributed by atoms with Gasteiger partial charge in [0.2, 0.25) is 5.91 Å². The Morgan fingerprint density at radius 2 is 1.42 bits per heavy atom. The molecule has 0 aliphatic rings. The lowest BCUT2D eigenvalue weighted by Crippen LogP contribution is -2.40. The summed E-state index contributed by atoms with van der Waals surface area (Å²) in [5.74, 6) is 0.200. The van der Waals surface area contributed by atoms with Gasteiger partial charge in [-0.2, -0.15) is 0 Å². The van der Waals surface area contributed by atoms with Gasteiger partial charge in [0, 0.05) is 44.4 Å². The van der Waals surface area contributed by atoms with Crippen LogP contribution in [0.25, 0.3) is 0 Å². The number of carbonyl (C=O) groups excluding carboxylic acids is 2. The third kappa shape index (κ3) is 7.95. The van der Waals surface area contributed by atoms with Crippen molar-refractivity contribution in [2.45, 2.75) is 33.6 Å². The normalized spacial score (nSPS) is 11.4. The van der Waals surface area contributed by atoms with Gasteiger partial charge >= 0.3 is 0 Å². The molecule has 0 atom stereocenters. The van der Waals surface area contributed by atoms with Gasteiger partial charge < -0.3 is 15.5 Å². The van der Waals surface area contributed by atoms with Gasteiger partial charge in [0.1, 0.15) is 5.78 Å². The van der Waals surface area contributed by atoms with Crippen molar-refractivity contribution in [1.29, 1.82) is 0 Å². The van der Waals surface area contributed by atoms with E-state index in [2.05, 4.69) is 10.6 Å². The fourth-order valence-corrected chi connectivity index (χ4v) is 1.61. The molecule has 0 saturated heterocycles. The van der Waals surface area contributed by atoms with Crippen molar-refractivity contribution >= 4 is 11.7 Å². The van der Waals surface area contributed by atoms with E-state index in [-0.39, 0.29) is 17.1 Å². The van der Waals surface area contributed by atoms with E-state index in [1.165, 1.54) is 0 Å². The van der Waals surface area contributed by atoms with E-state index in [1.807, 2.05) is 39.8 Å². The van der Waals surface area contributed by atoms with Crippen LogP contribution in [0.3, 0.4) is 0 Å². The summed E-state index contributed by atoms with van der Waals surface area (Å²) < 4.78 is 0. The third-order valence-corrected chi connectivity index (χ3v) is 3.02. The minimum atomic E-state index is -0.360. The highest BCUT2D eigenvalue weighted by Crippen LogP contribution is 2.17. The predicted molar refractivity (Wildman–Crippen MR) is 78.1 cm³/mol. The molecule has 0 fully saturated rings. The number of nitrogens with zero attached hydrogens (tertiary/aromatic N) is 1. The van der Waals surface area contributed by atoms with Gasteiger partial charge in [0.05, 0.1) is 0 Å². The first kappa shape index (κ1) is 18.1. The van der Waals surface area contributed by atoms with Crippen LogP contribution in [0.5, 0.6) is 0 Å². The summed E-state index contributed by atoms with van der Waals surface area (Å²) >= 11 is 0. The van der Waals surface area contributed by atoms with E-state index >= 15 is 0 Å². The summed E-state index contributed by atoms with van der Waals surface area (Å²) in [5, 5.41) is 6.07. The molecule has 0 radical (unpaired) electrons. The number of hydrogen-bond acceptors (Lipinski definition) is 4. The number of nitrogens with one attached hydrogen (secondary N) is 2. The van der Waals surface area contributed by atoms with Gasteiger partial charge in [-0.05, 0) is 14.1 Å². The molecule has 0 heterocycles. The first-order valence-corrected chi connectivity index (χ1v) is 6.93. The largest absolute Gasteiger partial charge is 0.340 e. The maximum absolute atomic E-state index is 12.1. The SMILES string of the molecule is CNCCN(CCNC)C(=O)CCC(=O)C(C)(C)C. The van der Waals surface area contributed by atoms with E-state index in [9.17, 15) is 9.59 Å². The van der Waals surface area contributed by atoms with Crippen LogP contribution in [-0.2, 0) is 9.59 Å². The molecule has 0 spiro atoms. The molecule has 1 amide bonds. The minimum Gasteiger partial charge on any atom is -0.340 e. The minimum absolute atomic E-state index is 0.0584. The monoisotopic (exact) mass is 271 g/mol. The quantitative estimate of drug-likeness (QED) is 0.646. The van der Waals surface area contributed by atoms with Gasteiger partial charge in [-0.1, -0.05) is 20.8 Å². The van der Waals surface area contributed by atoms with Gasteiger partial charge in [0.15, 0.2) is 0 Å². The Morgan fingerprint density at radius 3 is 1.79 bits per heavy atom. The van der Waals surface area contributed by atoms with Crippen molar-refractivity contribution in [3.05, 3.63) is 0 Å². The molecule has 0 saturated carbocycles. The zero-order valence-corrected chi connectivity index (χ0v) is 13.0. The fourth-order valence-electron chi connectivity index (χ4n) is 1.61. The molecule has 0 aromatic heterocycles. The van der Waals surface area contributed by atoms with Crippen molar-refractivity contribution in [2.75, 3.05) is 40.3 Å². The van der Waals surface area contributed by atoms with Crippen LogP contribution in [0.15, 0.2) is 0 Å². The maximum atomic E-state index is 12.1. The van der Waals surface area contributed by atoms with Crippen LogP contribution >= 0.6 is 0 Å². The lowest BCUT2D eigenvalue weighted by molar-refractivity contribution is -0.134. The Bertz CT molecular complexity index is 277. The summed E-state index contributed by atoms with van der Waals surface area (Å²) in [6.07, 6.45) is 0.640. The number of likely N-dealkylation sites (N-methyl/N-ethyl adjacent to an activating group) is 2. The Hall–Kier alpha value is -0.940. The standard InChI is InChI=1S/C14H29N3O2/c1-14(2,3)12(18)6-7-13(19)17(10-8-15-4)11-9-16-5/h15-16H,6-11H2,1-5H3. The summed E-state index contributed by atoms with van der Waals surface area (Å²) in [6.45, 7) is 8.56. The van der Waals surface area contributed by atoms with E-state index in [4.69, 9.17) is 0 Å². The average molecular weight is 271 g/mol. The van der Waals surface area contributed by atoms with Crippen molar-refractivity contribution in [2.24, 2.45) is 5.41 Å². The Balaban J connectivity index is 4.26. The lowest BCUT2D eigenvalue weighted by atomic mass is 9.88. The second-order valence-electron chi connectivity index (χ2n) is 5.76. The van der Waals surface area contributed by atoms with Crippen LogP contribution in [-0.4, -0.2) is 56.9 Å². The molecule has 0 rings (SSSR count). The third-order valence-electron chi connectivity index (χ3n) is 3.02. The van der Waals surface area contributed by atoms with Crippen LogP contribution in [0.1, 0.15) is 33.6 Å². The van der Waals surface area contributed by atoms with Crippen molar-refractivity contribution < 1.29 is 9.59 Å². The number of rotatable bonds is 9. The van der Waals surface area contributed by atoms with Crippen molar-refractivity contribution in [1.82, 2.24) is 15.5 Å². The van der Waals surface area contributed by atoms with Gasteiger partial charge in [-0.15, -0.1) is 0 Å². The first-order chi connectivity index (χ1) is 8.82. The zero-order valence-electron chi connectivity index (χ0n) is 13.0. The number of hydrogen-bond donors (Lipinski definition) is 2. The van der Waals surface area contributed by atoms with Crippen LogP contribution in [0.2, 0.25) is 0 Å². The molecule has 5 heteroatoms. The Labute approximate surface area is 117 Å². The van der Waals surface area contributed by atoms with Crippen LogP contribution < -0.4 is 10.6 Å². The van der Waals surface area contributed by atoms with Gasteiger partial charge in [-0.3, -0.25) is 9.59 Å². The van der Waals surface area contributed by atoms with Gasteiger partial charge in [-0.25, -0.2) is 0 Å². The molecular formula is C14H29N3O2. The highest BCUT2D eigenvalue weighted by molar-refractivity contribution is 5.88. The number of amides is 1. The first-order valence-electron chi connectivity index (χ1n) is 6.93. The highest BCUT2D eigenvalue weighted by Gasteiger charge is 2.22. The molecule has 0 aromatic rings. The fraction of sp³-hybridized carbons (Fsp3) is 0.857.